The van der Waals surface area contributed by atoms with Crippen molar-refractivity contribution in [3.8, 4) is 0 Å². The number of nitrogens with one attached hydrogen (secondary N) is 1. The maximum Gasteiger partial charge on any atom is 0.187 e. The van der Waals surface area contributed by atoms with Crippen LogP contribution in [0.4, 0.5) is 10.8 Å². The van der Waals surface area contributed by atoms with Crippen molar-refractivity contribution in [1.82, 2.24) is 9.27 Å². The van der Waals surface area contributed by atoms with Gasteiger partial charge in [0, 0.05) is 6.04 Å². The molecule has 1 fully saturated rings. The highest BCUT2D eigenvalue weighted by molar-refractivity contribution is 7.92. The van der Waals surface area contributed by atoms with Crippen LogP contribution in [0.5, 0.6) is 0 Å². The lowest BCUT2D eigenvalue weighted by molar-refractivity contribution is 0.390. The molecule has 1 aromatic rings. The van der Waals surface area contributed by atoms with Gasteiger partial charge in [-0.05, 0) is 58.4 Å². The number of nitrogens with zero attached hydrogens (tertiary/aromatic N) is 2. The van der Waals surface area contributed by atoms with Gasteiger partial charge in [-0.15, -0.1) is 0 Å². The van der Waals surface area contributed by atoms with E-state index < -0.39 is 9.84 Å². The lowest BCUT2D eigenvalue weighted by atomic mass is 10.2. The van der Waals surface area contributed by atoms with Crippen LogP contribution in [0.1, 0.15) is 26.2 Å². The highest BCUT2D eigenvalue weighted by atomic mass is 32.2. The fourth-order valence-electron chi connectivity index (χ4n) is 1.95. The highest BCUT2D eigenvalue weighted by Crippen LogP contribution is 2.41. The monoisotopic (exact) mass is 318 g/mol. The fraction of sp³-hybridized carbons (Fsp3) is 0.750. The van der Waals surface area contributed by atoms with E-state index >= 15 is 0 Å². The topological polar surface area (TPSA) is 88.3 Å². The summed E-state index contributed by atoms with van der Waals surface area (Å²) < 4.78 is 28.8. The maximum absolute atomic E-state index is 12.4. The standard InChI is InChI=1S/C12H22N4O2S2/c1-8(6-7-16(2)3)14-12-10(11(13)15-19-12)20(17,18)9-4-5-9/h8-9,14H,4-7H2,1-3H3,(H2,13,15). The average molecular weight is 318 g/mol. The molecule has 1 heterocycles. The molecule has 1 saturated carbocycles. The molecule has 1 aromatic heterocycles. The van der Waals surface area contributed by atoms with Crippen LogP contribution in [-0.4, -0.2) is 49.6 Å². The maximum atomic E-state index is 12.4. The van der Waals surface area contributed by atoms with Gasteiger partial charge < -0.3 is 16.0 Å². The van der Waals surface area contributed by atoms with Gasteiger partial charge >= 0.3 is 0 Å². The molecule has 3 N–H and O–H groups in total. The zero-order chi connectivity index (χ0) is 14.9. The summed E-state index contributed by atoms with van der Waals surface area (Å²) in [7, 11) is 0.718. The second-order valence-electron chi connectivity index (χ2n) is 5.61. The van der Waals surface area contributed by atoms with Crippen molar-refractivity contribution in [3.63, 3.8) is 0 Å². The first-order chi connectivity index (χ1) is 9.32. The predicted molar refractivity (Wildman–Crippen MR) is 83.0 cm³/mol. The van der Waals surface area contributed by atoms with Crippen LogP contribution in [0.3, 0.4) is 0 Å². The Hall–Kier alpha value is -0.860. The minimum Gasteiger partial charge on any atom is -0.382 e. The van der Waals surface area contributed by atoms with Crippen molar-refractivity contribution in [1.29, 1.82) is 0 Å². The molecule has 1 atom stereocenters. The Morgan fingerprint density at radius 3 is 2.70 bits per heavy atom. The van der Waals surface area contributed by atoms with E-state index in [0.29, 0.717) is 5.00 Å². The highest BCUT2D eigenvalue weighted by Gasteiger charge is 2.40. The molecule has 0 saturated heterocycles. The van der Waals surface area contributed by atoms with Gasteiger partial charge in [0.2, 0.25) is 0 Å². The predicted octanol–water partition coefficient (Wildman–Crippen LogP) is 1.41. The summed E-state index contributed by atoms with van der Waals surface area (Å²) in [6.45, 7) is 2.97. The van der Waals surface area contributed by atoms with E-state index in [1.807, 2.05) is 21.0 Å². The number of nitrogens with two attached hydrogens (primary N) is 1. The molecule has 0 spiro atoms. The smallest absolute Gasteiger partial charge is 0.187 e. The molecule has 2 rings (SSSR count). The molecule has 1 unspecified atom stereocenters. The van der Waals surface area contributed by atoms with Crippen molar-refractivity contribution in [2.75, 3.05) is 31.7 Å². The van der Waals surface area contributed by atoms with Crippen LogP contribution in [0, 0.1) is 0 Å². The first kappa shape index (κ1) is 15.5. The van der Waals surface area contributed by atoms with E-state index in [1.165, 1.54) is 0 Å². The van der Waals surface area contributed by atoms with Crippen molar-refractivity contribution in [2.24, 2.45) is 0 Å². The quantitative estimate of drug-likeness (QED) is 0.790. The van der Waals surface area contributed by atoms with Gasteiger partial charge in [0.25, 0.3) is 0 Å². The Balaban J connectivity index is 2.13. The number of hydrogen-bond acceptors (Lipinski definition) is 7. The van der Waals surface area contributed by atoms with Crippen molar-refractivity contribution < 1.29 is 8.42 Å². The van der Waals surface area contributed by atoms with Crippen molar-refractivity contribution >= 4 is 32.2 Å². The van der Waals surface area contributed by atoms with Gasteiger partial charge in [-0.1, -0.05) is 0 Å². The molecule has 0 aromatic carbocycles. The average Bonchev–Trinajstić information content (AvgIpc) is 3.13. The molecule has 6 nitrogen and oxygen atoms in total. The van der Waals surface area contributed by atoms with Crippen LogP contribution in [-0.2, 0) is 9.84 Å². The molecule has 20 heavy (non-hydrogen) atoms. The molecular formula is C12H22N4O2S2. The summed E-state index contributed by atoms with van der Waals surface area (Å²) in [5, 5.41) is 3.56. The second kappa shape index (κ2) is 5.87. The fourth-order valence-corrected chi connectivity index (χ4v) is 4.94. The molecule has 8 heteroatoms. The van der Waals surface area contributed by atoms with Gasteiger partial charge in [0.15, 0.2) is 15.7 Å². The van der Waals surface area contributed by atoms with Gasteiger partial charge in [0.1, 0.15) is 9.90 Å². The van der Waals surface area contributed by atoms with Gasteiger partial charge in [-0.25, -0.2) is 8.42 Å². The summed E-state index contributed by atoms with van der Waals surface area (Å²) >= 11 is 1.13. The third kappa shape index (κ3) is 3.42. The van der Waals surface area contributed by atoms with Crippen LogP contribution in [0.25, 0.3) is 0 Å². The minimum atomic E-state index is -3.31. The lowest BCUT2D eigenvalue weighted by Gasteiger charge is -2.17. The normalized spacial score (nSPS) is 17.4. The van der Waals surface area contributed by atoms with Crippen LogP contribution in [0.15, 0.2) is 4.90 Å². The molecule has 114 valence electrons. The number of anilines is 2. The molecular weight excluding hydrogens is 296 g/mol. The minimum absolute atomic E-state index is 0.129. The van der Waals surface area contributed by atoms with E-state index in [2.05, 4.69) is 14.6 Å². The summed E-state index contributed by atoms with van der Waals surface area (Å²) in [6.07, 6.45) is 2.38. The van der Waals surface area contributed by atoms with Crippen LogP contribution >= 0.6 is 11.5 Å². The number of aromatic nitrogens is 1. The summed E-state index contributed by atoms with van der Waals surface area (Å²) in [4.78, 5) is 2.31. The Morgan fingerprint density at radius 2 is 2.15 bits per heavy atom. The van der Waals surface area contributed by atoms with E-state index in [0.717, 1.165) is 37.3 Å². The van der Waals surface area contributed by atoms with Crippen LogP contribution in [0.2, 0.25) is 0 Å². The van der Waals surface area contributed by atoms with Gasteiger partial charge in [-0.2, -0.15) is 4.37 Å². The SMILES string of the molecule is CC(CCN(C)C)Nc1snc(N)c1S(=O)(=O)C1CC1. The second-order valence-corrected chi connectivity index (χ2v) is 8.55. The zero-order valence-corrected chi connectivity index (χ0v) is 13.7. The lowest BCUT2D eigenvalue weighted by Crippen LogP contribution is -2.23. The zero-order valence-electron chi connectivity index (χ0n) is 12.1. The molecule has 0 radical (unpaired) electrons. The third-order valence-corrected chi connectivity index (χ3v) is 6.56. The Kier molecular flexibility index (Phi) is 4.55. The van der Waals surface area contributed by atoms with Crippen molar-refractivity contribution in [3.05, 3.63) is 0 Å². The molecule has 0 aliphatic heterocycles. The summed E-state index contributed by atoms with van der Waals surface area (Å²) in [5.74, 6) is 0.129. The summed E-state index contributed by atoms with van der Waals surface area (Å²) in [6, 6.07) is 0.172. The number of sulfone groups is 1. The van der Waals surface area contributed by atoms with Gasteiger partial charge in [0.05, 0.1) is 5.25 Å². The molecule has 0 bridgehead atoms. The Morgan fingerprint density at radius 1 is 1.50 bits per heavy atom. The molecule has 1 aliphatic rings. The van der Waals surface area contributed by atoms with Crippen LogP contribution < -0.4 is 11.1 Å². The molecule has 1 aliphatic carbocycles. The van der Waals surface area contributed by atoms with E-state index in [1.54, 1.807) is 0 Å². The van der Waals surface area contributed by atoms with Gasteiger partial charge in [-0.3, -0.25) is 0 Å². The largest absolute Gasteiger partial charge is 0.382 e. The van der Waals surface area contributed by atoms with Crippen molar-refractivity contribution in [2.45, 2.75) is 42.4 Å². The number of hydrogen-bond donors (Lipinski definition) is 2. The first-order valence-electron chi connectivity index (χ1n) is 6.72. The third-order valence-electron chi connectivity index (χ3n) is 3.31. The molecule has 0 amide bonds. The Bertz CT molecular complexity index is 564. The van der Waals surface area contributed by atoms with E-state index in [4.69, 9.17) is 5.73 Å². The van der Waals surface area contributed by atoms with E-state index in [9.17, 15) is 8.42 Å². The summed E-state index contributed by atoms with van der Waals surface area (Å²) in [5.41, 5.74) is 5.76. The number of rotatable bonds is 7. The first-order valence-corrected chi connectivity index (χ1v) is 9.04. The Labute approximate surface area is 124 Å². The van der Waals surface area contributed by atoms with E-state index in [-0.39, 0.29) is 22.0 Å². The number of nitrogen functional groups attached to an aromatic ring is 1.